The summed E-state index contributed by atoms with van der Waals surface area (Å²) in [5.74, 6) is 0.815. The van der Waals surface area contributed by atoms with E-state index < -0.39 is 5.41 Å². The molecule has 4 heteroatoms. The van der Waals surface area contributed by atoms with Crippen molar-refractivity contribution in [1.82, 2.24) is 0 Å². The van der Waals surface area contributed by atoms with Gasteiger partial charge in [-0.3, -0.25) is 4.79 Å². The molecule has 0 saturated heterocycles. The van der Waals surface area contributed by atoms with Crippen molar-refractivity contribution >= 4 is 11.6 Å². The monoisotopic (exact) mass is 265 g/mol. The summed E-state index contributed by atoms with van der Waals surface area (Å²) in [7, 11) is 1.77. The first-order chi connectivity index (χ1) is 8.86. The van der Waals surface area contributed by atoms with Crippen LogP contribution in [0.15, 0.2) is 24.3 Å². The number of aliphatic hydroxyl groups excluding tert-OH is 1. The van der Waals surface area contributed by atoms with Crippen LogP contribution in [0.4, 0.5) is 5.69 Å². The molecule has 0 aromatic heterocycles. The second kappa shape index (κ2) is 6.57. The van der Waals surface area contributed by atoms with Gasteiger partial charge in [-0.05, 0) is 24.3 Å². The number of rotatable bonds is 5. The average Bonchev–Trinajstić information content (AvgIpc) is 2.37. The van der Waals surface area contributed by atoms with Gasteiger partial charge in [0.2, 0.25) is 5.91 Å². The van der Waals surface area contributed by atoms with E-state index in [0.717, 1.165) is 11.4 Å². The van der Waals surface area contributed by atoms with Crippen LogP contribution < -0.4 is 9.64 Å². The maximum atomic E-state index is 12.1. The maximum absolute atomic E-state index is 12.1. The number of hydrogen-bond acceptors (Lipinski definition) is 3. The van der Waals surface area contributed by atoms with E-state index in [4.69, 9.17) is 9.84 Å². The summed E-state index contributed by atoms with van der Waals surface area (Å²) in [6.07, 6.45) is 0.615. The first kappa shape index (κ1) is 15.5. The number of carbonyl (C=O) groups excluding carboxylic acids is 1. The minimum Gasteiger partial charge on any atom is -0.494 e. The van der Waals surface area contributed by atoms with Crippen molar-refractivity contribution in [3.63, 3.8) is 0 Å². The Hall–Kier alpha value is -1.55. The first-order valence-electron chi connectivity index (χ1n) is 6.48. The molecule has 0 aliphatic rings. The van der Waals surface area contributed by atoms with Gasteiger partial charge in [0.25, 0.3) is 0 Å². The van der Waals surface area contributed by atoms with Gasteiger partial charge in [-0.15, -0.1) is 0 Å². The predicted molar refractivity (Wildman–Crippen MR) is 76.5 cm³/mol. The summed E-state index contributed by atoms with van der Waals surface area (Å²) in [6.45, 7) is 6.32. The van der Waals surface area contributed by atoms with Gasteiger partial charge in [-0.1, -0.05) is 20.8 Å². The average molecular weight is 265 g/mol. The molecule has 106 valence electrons. The zero-order valence-electron chi connectivity index (χ0n) is 12.1. The third-order valence-electron chi connectivity index (χ3n) is 2.74. The molecule has 0 atom stereocenters. The molecule has 0 heterocycles. The Kier molecular flexibility index (Phi) is 5.36. The Bertz CT molecular complexity index is 406. The molecule has 0 saturated carbocycles. The number of ether oxygens (including phenoxy) is 1. The van der Waals surface area contributed by atoms with Gasteiger partial charge in [0.05, 0.1) is 6.61 Å². The first-order valence-corrected chi connectivity index (χ1v) is 6.48. The molecule has 1 rings (SSSR count). The van der Waals surface area contributed by atoms with Gasteiger partial charge in [-0.25, -0.2) is 0 Å². The Balaban J connectivity index is 2.68. The van der Waals surface area contributed by atoms with Crippen molar-refractivity contribution in [2.45, 2.75) is 27.2 Å². The lowest BCUT2D eigenvalue weighted by molar-refractivity contribution is -0.125. The normalized spacial score (nSPS) is 11.2. The number of anilines is 1. The molecule has 1 N–H and O–H groups in total. The van der Waals surface area contributed by atoms with Crippen LogP contribution in [-0.2, 0) is 4.79 Å². The van der Waals surface area contributed by atoms with Gasteiger partial charge in [0.15, 0.2) is 0 Å². The van der Waals surface area contributed by atoms with E-state index in [-0.39, 0.29) is 12.5 Å². The van der Waals surface area contributed by atoms with Crippen LogP contribution in [0.1, 0.15) is 27.2 Å². The molecule has 0 radical (unpaired) electrons. The van der Waals surface area contributed by atoms with Crippen LogP contribution in [0.25, 0.3) is 0 Å². The van der Waals surface area contributed by atoms with Crippen LogP contribution in [0, 0.1) is 5.41 Å². The highest BCUT2D eigenvalue weighted by Gasteiger charge is 2.25. The standard InChI is InChI=1S/C15H23NO3/c1-15(2,3)14(18)16(4)12-6-8-13(9-7-12)19-11-5-10-17/h6-9,17H,5,10-11H2,1-4H3. The largest absolute Gasteiger partial charge is 0.494 e. The van der Waals surface area contributed by atoms with Crippen LogP contribution >= 0.6 is 0 Å². The van der Waals surface area contributed by atoms with E-state index in [1.165, 1.54) is 0 Å². The molecule has 0 bridgehead atoms. The van der Waals surface area contributed by atoms with E-state index in [2.05, 4.69) is 0 Å². The summed E-state index contributed by atoms with van der Waals surface area (Å²) >= 11 is 0. The van der Waals surface area contributed by atoms with Crippen molar-refractivity contribution in [2.75, 3.05) is 25.2 Å². The maximum Gasteiger partial charge on any atom is 0.232 e. The van der Waals surface area contributed by atoms with Crippen molar-refractivity contribution in [3.05, 3.63) is 24.3 Å². The lowest BCUT2D eigenvalue weighted by atomic mass is 9.95. The summed E-state index contributed by atoms with van der Waals surface area (Å²) in [4.78, 5) is 13.8. The molecule has 1 amide bonds. The molecule has 0 fully saturated rings. The SMILES string of the molecule is CN(C(=O)C(C)(C)C)c1ccc(OCCCO)cc1. The van der Waals surface area contributed by atoms with Gasteiger partial charge < -0.3 is 14.7 Å². The van der Waals surface area contributed by atoms with E-state index in [9.17, 15) is 4.79 Å². The number of hydrogen-bond donors (Lipinski definition) is 1. The lowest BCUT2D eigenvalue weighted by Crippen LogP contribution is -2.36. The van der Waals surface area contributed by atoms with Crippen LogP contribution in [0.2, 0.25) is 0 Å². The number of amides is 1. The molecule has 0 aliphatic carbocycles. The summed E-state index contributed by atoms with van der Waals surface area (Å²) in [5.41, 5.74) is 0.444. The Labute approximate surface area is 115 Å². The minimum atomic E-state index is -0.398. The fraction of sp³-hybridized carbons (Fsp3) is 0.533. The molecule has 19 heavy (non-hydrogen) atoms. The molecule has 0 aliphatic heterocycles. The van der Waals surface area contributed by atoms with Crippen molar-refractivity contribution in [1.29, 1.82) is 0 Å². The predicted octanol–water partition coefficient (Wildman–Crippen LogP) is 2.46. The zero-order valence-corrected chi connectivity index (χ0v) is 12.1. The third-order valence-corrected chi connectivity index (χ3v) is 2.74. The molecule has 4 nitrogen and oxygen atoms in total. The smallest absolute Gasteiger partial charge is 0.232 e. The van der Waals surface area contributed by atoms with Crippen LogP contribution in [0.3, 0.4) is 0 Å². The van der Waals surface area contributed by atoms with E-state index in [1.54, 1.807) is 11.9 Å². The topological polar surface area (TPSA) is 49.8 Å². The molecule has 1 aromatic carbocycles. The van der Waals surface area contributed by atoms with E-state index in [1.807, 2.05) is 45.0 Å². The number of carbonyl (C=O) groups is 1. The molecule has 0 unspecified atom stereocenters. The molecule has 0 spiro atoms. The zero-order chi connectivity index (χ0) is 14.5. The second-order valence-corrected chi connectivity index (χ2v) is 5.53. The highest BCUT2D eigenvalue weighted by Crippen LogP contribution is 2.23. The van der Waals surface area contributed by atoms with E-state index in [0.29, 0.717) is 13.0 Å². The number of benzene rings is 1. The fourth-order valence-corrected chi connectivity index (χ4v) is 1.64. The molecular formula is C15H23NO3. The highest BCUT2D eigenvalue weighted by atomic mass is 16.5. The Morgan fingerprint density at radius 3 is 2.32 bits per heavy atom. The van der Waals surface area contributed by atoms with Crippen LogP contribution in [0.5, 0.6) is 5.75 Å². The van der Waals surface area contributed by atoms with Crippen LogP contribution in [-0.4, -0.2) is 31.3 Å². The van der Waals surface area contributed by atoms with Crippen molar-refractivity contribution < 1.29 is 14.6 Å². The highest BCUT2D eigenvalue weighted by molar-refractivity contribution is 5.96. The summed E-state index contributed by atoms with van der Waals surface area (Å²) < 4.78 is 5.45. The van der Waals surface area contributed by atoms with Gasteiger partial charge in [0, 0.05) is 31.2 Å². The second-order valence-electron chi connectivity index (χ2n) is 5.53. The van der Waals surface area contributed by atoms with Gasteiger partial charge in [0.1, 0.15) is 5.75 Å². The quantitative estimate of drug-likeness (QED) is 0.832. The number of nitrogens with zero attached hydrogens (tertiary/aromatic N) is 1. The minimum absolute atomic E-state index is 0.0708. The molecular weight excluding hydrogens is 242 g/mol. The van der Waals surface area contributed by atoms with Crippen molar-refractivity contribution in [2.24, 2.45) is 5.41 Å². The van der Waals surface area contributed by atoms with Crippen molar-refractivity contribution in [3.8, 4) is 5.75 Å². The summed E-state index contributed by atoms with van der Waals surface area (Å²) in [6, 6.07) is 7.38. The van der Waals surface area contributed by atoms with Gasteiger partial charge in [-0.2, -0.15) is 0 Å². The van der Waals surface area contributed by atoms with Gasteiger partial charge >= 0.3 is 0 Å². The number of aliphatic hydroxyl groups is 1. The Morgan fingerprint density at radius 1 is 1.26 bits per heavy atom. The summed E-state index contributed by atoms with van der Waals surface area (Å²) in [5, 5.41) is 8.67. The van der Waals surface area contributed by atoms with E-state index >= 15 is 0 Å². The lowest BCUT2D eigenvalue weighted by Gasteiger charge is -2.26. The molecule has 1 aromatic rings. The fourth-order valence-electron chi connectivity index (χ4n) is 1.64. The Morgan fingerprint density at radius 2 is 1.84 bits per heavy atom. The third kappa shape index (κ3) is 4.56.